The molecule has 1 aromatic carbocycles. The Morgan fingerprint density at radius 2 is 1.88 bits per heavy atom. The lowest BCUT2D eigenvalue weighted by atomic mass is 9.94. The summed E-state index contributed by atoms with van der Waals surface area (Å²) < 4.78 is 27.4. The van der Waals surface area contributed by atoms with Crippen LogP contribution in [0, 0.1) is 0 Å². The third-order valence-electron chi connectivity index (χ3n) is 3.89. The normalized spacial score (nSPS) is 14.8. The van der Waals surface area contributed by atoms with Gasteiger partial charge in [0.25, 0.3) is 0 Å². The summed E-state index contributed by atoms with van der Waals surface area (Å²) in [5.74, 6) is 1.13. The van der Waals surface area contributed by atoms with E-state index in [1.54, 1.807) is 0 Å². The number of sulfone groups is 1. The van der Waals surface area contributed by atoms with Crippen molar-refractivity contribution in [1.82, 2.24) is 10.6 Å². The summed E-state index contributed by atoms with van der Waals surface area (Å²) in [6.45, 7) is 8.19. The molecule has 0 aliphatic rings. The molecule has 0 aromatic heterocycles. The zero-order valence-electron chi connectivity index (χ0n) is 15.7. The van der Waals surface area contributed by atoms with Crippen LogP contribution in [-0.2, 0) is 14.6 Å². The van der Waals surface area contributed by atoms with Gasteiger partial charge in [0, 0.05) is 24.8 Å². The predicted molar refractivity (Wildman–Crippen MR) is 104 cm³/mol. The van der Waals surface area contributed by atoms with Gasteiger partial charge in [-0.1, -0.05) is 37.3 Å². The third-order valence-corrected chi connectivity index (χ3v) is 4.80. The van der Waals surface area contributed by atoms with Crippen LogP contribution in [0.3, 0.4) is 0 Å². The highest BCUT2D eigenvalue weighted by Crippen LogP contribution is 2.18. The first-order valence-corrected chi connectivity index (χ1v) is 10.7. The van der Waals surface area contributed by atoms with Crippen molar-refractivity contribution in [3.63, 3.8) is 0 Å². The third kappa shape index (κ3) is 9.45. The van der Waals surface area contributed by atoms with E-state index in [0.717, 1.165) is 12.5 Å². The van der Waals surface area contributed by atoms with Crippen LogP contribution in [0.2, 0.25) is 0 Å². The summed E-state index contributed by atoms with van der Waals surface area (Å²) in [7, 11) is -2.97. The molecule has 1 aromatic rings. The average Bonchev–Trinajstić information content (AvgIpc) is 2.57. The van der Waals surface area contributed by atoms with Gasteiger partial charge >= 0.3 is 0 Å². The molecule has 0 amide bonds. The predicted octanol–water partition coefficient (Wildman–Crippen LogP) is 1.79. The van der Waals surface area contributed by atoms with E-state index >= 15 is 0 Å². The molecule has 142 valence electrons. The lowest BCUT2D eigenvalue weighted by Crippen LogP contribution is -2.44. The van der Waals surface area contributed by atoms with Crippen LogP contribution in [0.25, 0.3) is 0 Å². The van der Waals surface area contributed by atoms with Gasteiger partial charge in [-0.2, -0.15) is 0 Å². The van der Waals surface area contributed by atoms with Crippen molar-refractivity contribution >= 4 is 15.8 Å². The minimum atomic E-state index is -2.97. The molecular weight excluding hydrogens is 338 g/mol. The molecule has 2 N–H and O–H groups in total. The number of hydrogen-bond acceptors (Lipinski definition) is 4. The van der Waals surface area contributed by atoms with Gasteiger partial charge < -0.3 is 15.4 Å². The quantitative estimate of drug-likeness (QED) is 0.373. The smallest absolute Gasteiger partial charge is 0.191 e. The minimum absolute atomic E-state index is 0.0423. The minimum Gasteiger partial charge on any atom is -0.378 e. The lowest BCUT2D eigenvalue weighted by Gasteiger charge is -2.24. The number of benzene rings is 1. The molecule has 7 heteroatoms. The molecule has 0 radical (unpaired) electrons. The fourth-order valence-corrected chi connectivity index (χ4v) is 2.66. The fraction of sp³-hybridized carbons (Fsp3) is 0.611. The van der Waals surface area contributed by atoms with Gasteiger partial charge in [-0.05, 0) is 19.4 Å². The largest absolute Gasteiger partial charge is 0.378 e. The van der Waals surface area contributed by atoms with E-state index in [0.29, 0.717) is 19.1 Å². The second-order valence-electron chi connectivity index (χ2n) is 6.14. The SMILES string of the molecule is CCNC(=NCCOCCS(C)(=O)=O)NC(C)C(C)c1ccccc1. The Morgan fingerprint density at radius 1 is 1.20 bits per heavy atom. The standard InChI is InChI=1S/C18H31N3O3S/c1-5-19-18(20-11-12-24-13-14-25(4,22)23)21-16(3)15(2)17-9-7-6-8-10-17/h6-10,15-16H,5,11-14H2,1-4H3,(H2,19,20,21). The van der Waals surface area contributed by atoms with Crippen molar-refractivity contribution in [1.29, 1.82) is 0 Å². The van der Waals surface area contributed by atoms with Crippen molar-refractivity contribution in [3.05, 3.63) is 35.9 Å². The molecule has 0 heterocycles. The summed E-state index contributed by atoms with van der Waals surface area (Å²) in [5.41, 5.74) is 1.28. The zero-order chi connectivity index (χ0) is 18.7. The maximum atomic E-state index is 11.0. The second-order valence-corrected chi connectivity index (χ2v) is 8.40. The van der Waals surface area contributed by atoms with Crippen molar-refractivity contribution in [3.8, 4) is 0 Å². The van der Waals surface area contributed by atoms with Crippen LogP contribution in [0.5, 0.6) is 0 Å². The van der Waals surface area contributed by atoms with Crippen LogP contribution < -0.4 is 10.6 Å². The summed E-state index contributed by atoms with van der Waals surface area (Å²) in [5, 5.41) is 6.64. The Labute approximate surface area is 152 Å². The Morgan fingerprint density at radius 3 is 2.48 bits per heavy atom. The molecule has 2 unspecified atom stereocenters. The molecule has 6 nitrogen and oxygen atoms in total. The Kier molecular flexibility index (Phi) is 9.52. The molecule has 2 atom stereocenters. The number of guanidine groups is 1. The van der Waals surface area contributed by atoms with Gasteiger partial charge in [-0.15, -0.1) is 0 Å². The molecule has 0 aliphatic carbocycles. The van der Waals surface area contributed by atoms with E-state index in [2.05, 4.69) is 41.6 Å². The topological polar surface area (TPSA) is 79.8 Å². The highest BCUT2D eigenvalue weighted by molar-refractivity contribution is 7.90. The van der Waals surface area contributed by atoms with E-state index < -0.39 is 9.84 Å². The molecule has 0 bridgehead atoms. The van der Waals surface area contributed by atoms with Gasteiger partial charge in [0.2, 0.25) is 0 Å². The highest BCUT2D eigenvalue weighted by atomic mass is 32.2. The summed E-state index contributed by atoms with van der Waals surface area (Å²) in [4.78, 5) is 4.48. The first-order chi connectivity index (χ1) is 11.8. The van der Waals surface area contributed by atoms with E-state index in [9.17, 15) is 8.42 Å². The molecule has 0 saturated heterocycles. The van der Waals surface area contributed by atoms with Crippen LogP contribution in [0.4, 0.5) is 0 Å². The zero-order valence-corrected chi connectivity index (χ0v) is 16.5. The maximum Gasteiger partial charge on any atom is 0.191 e. The van der Waals surface area contributed by atoms with E-state index in [4.69, 9.17) is 4.74 Å². The molecule has 1 rings (SSSR count). The van der Waals surface area contributed by atoms with Gasteiger partial charge in [0.05, 0.1) is 25.5 Å². The molecule has 25 heavy (non-hydrogen) atoms. The number of aliphatic imine (C=N–C) groups is 1. The van der Waals surface area contributed by atoms with E-state index in [1.165, 1.54) is 11.8 Å². The van der Waals surface area contributed by atoms with Crippen LogP contribution in [0.1, 0.15) is 32.3 Å². The fourth-order valence-electron chi connectivity index (χ4n) is 2.24. The monoisotopic (exact) mass is 369 g/mol. The Bertz CT molecular complexity index is 618. The molecule has 0 aliphatic heterocycles. The number of nitrogens with one attached hydrogen (secondary N) is 2. The van der Waals surface area contributed by atoms with Crippen LogP contribution in [-0.4, -0.2) is 58.7 Å². The molecular formula is C18H31N3O3S. The van der Waals surface area contributed by atoms with Gasteiger partial charge in [0.1, 0.15) is 9.84 Å². The first kappa shape index (κ1) is 21.4. The van der Waals surface area contributed by atoms with Crippen LogP contribution in [0.15, 0.2) is 35.3 Å². The van der Waals surface area contributed by atoms with Crippen LogP contribution >= 0.6 is 0 Å². The van der Waals surface area contributed by atoms with Gasteiger partial charge in [-0.3, -0.25) is 4.99 Å². The van der Waals surface area contributed by atoms with Crippen molar-refractivity contribution in [2.24, 2.45) is 4.99 Å². The summed E-state index contributed by atoms with van der Waals surface area (Å²) in [6, 6.07) is 10.6. The van der Waals surface area contributed by atoms with E-state index in [-0.39, 0.29) is 18.4 Å². The van der Waals surface area contributed by atoms with Crippen molar-refractivity contribution in [2.45, 2.75) is 32.7 Å². The number of ether oxygens (including phenoxy) is 1. The second kappa shape index (κ2) is 11.1. The highest BCUT2D eigenvalue weighted by Gasteiger charge is 2.15. The Balaban J connectivity index is 2.46. The summed E-state index contributed by atoms with van der Waals surface area (Å²) in [6.07, 6.45) is 1.21. The molecule has 0 fully saturated rings. The maximum absolute atomic E-state index is 11.0. The molecule has 0 saturated carbocycles. The molecule has 0 spiro atoms. The number of hydrogen-bond donors (Lipinski definition) is 2. The summed E-state index contributed by atoms with van der Waals surface area (Å²) >= 11 is 0. The first-order valence-electron chi connectivity index (χ1n) is 8.68. The number of rotatable bonds is 10. The van der Waals surface area contributed by atoms with Crippen molar-refractivity contribution in [2.75, 3.05) is 38.3 Å². The average molecular weight is 370 g/mol. The van der Waals surface area contributed by atoms with Gasteiger partial charge in [0.15, 0.2) is 5.96 Å². The van der Waals surface area contributed by atoms with Gasteiger partial charge in [-0.25, -0.2) is 8.42 Å². The lowest BCUT2D eigenvalue weighted by molar-refractivity contribution is 0.157. The number of nitrogens with zero attached hydrogens (tertiary/aromatic N) is 1. The van der Waals surface area contributed by atoms with E-state index in [1.807, 2.05) is 25.1 Å². The Hall–Kier alpha value is -1.60. The van der Waals surface area contributed by atoms with Crippen molar-refractivity contribution < 1.29 is 13.2 Å².